The largest absolute Gasteiger partial charge is 0.484 e. The van der Waals surface area contributed by atoms with Crippen LogP contribution in [-0.2, 0) is 17.8 Å². The molecule has 2 aromatic carbocycles. The summed E-state index contributed by atoms with van der Waals surface area (Å²) in [6, 6.07) is 14.2. The van der Waals surface area contributed by atoms with Gasteiger partial charge >= 0.3 is 6.18 Å². The monoisotopic (exact) mass is 562 g/mol. The van der Waals surface area contributed by atoms with Crippen molar-refractivity contribution in [3.8, 4) is 5.75 Å². The highest BCUT2D eigenvalue weighted by Gasteiger charge is 2.28. The zero-order chi connectivity index (χ0) is 22.3. The number of nitrogens with zero attached hydrogens (tertiary/aromatic N) is 2. The number of hydrogen-bond acceptors (Lipinski definition) is 3. The van der Waals surface area contributed by atoms with Gasteiger partial charge in [0, 0.05) is 25.8 Å². The third kappa shape index (κ3) is 7.57. The number of ether oxygens (including phenoxy) is 1. The molecule has 0 aliphatic carbocycles. The number of halogens is 4. The third-order valence-corrected chi connectivity index (χ3v) is 4.83. The SMILES string of the molecule is CN=C(NCC(=O)N1CCCc2ccccc21)NCc1ccc(OCC(F)(F)F)cc1.I. The number of aryl methyl sites for hydroxylation is 1. The molecule has 0 atom stereocenters. The lowest BCUT2D eigenvalue weighted by atomic mass is 10.0. The molecule has 0 radical (unpaired) electrons. The summed E-state index contributed by atoms with van der Waals surface area (Å²) in [5.74, 6) is 0.563. The van der Waals surface area contributed by atoms with Gasteiger partial charge in [-0.3, -0.25) is 9.79 Å². The van der Waals surface area contributed by atoms with Gasteiger partial charge in [0.1, 0.15) is 5.75 Å². The van der Waals surface area contributed by atoms with Crippen molar-refractivity contribution in [1.82, 2.24) is 10.6 Å². The minimum atomic E-state index is -4.37. The predicted molar refractivity (Wildman–Crippen MR) is 129 cm³/mol. The maximum Gasteiger partial charge on any atom is 0.422 e. The van der Waals surface area contributed by atoms with Crippen molar-refractivity contribution in [2.24, 2.45) is 4.99 Å². The van der Waals surface area contributed by atoms with Gasteiger partial charge < -0.3 is 20.3 Å². The maximum atomic E-state index is 12.7. The molecule has 1 aliphatic heterocycles. The second-order valence-electron chi connectivity index (χ2n) is 7.10. The standard InChI is InChI=1S/C22H25F3N4O2.HI/c1-26-21(27-13-16-8-10-18(11-9-16)31-15-22(23,24)25)28-14-20(30)29-12-4-6-17-5-2-3-7-19(17)29;/h2-3,5,7-11H,4,6,12-15H2,1H3,(H2,26,27,28);1H. The van der Waals surface area contributed by atoms with Gasteiger partial charge in [-0.1, -0.05) is 30.3 Å². The lowest BCUT2D eigenvalue weighted by molar-refractivity contribution is -0.153. The fourth-order valence-electron chi connectivity index (χ4n) is 3.32. The fraction of sp³-hybridized carbons (Fsp3) is 0.364. The van der Waals surface area contributed by atoms with E-state index in [1.165, 1.54) is 17.7 Å². The van der Waals surface area contributed by atoms with Gasteiger partial charge in [0.2, 0.25) is 5.91 Å². The van der Waals surface area contributed by atoms with E-state index in [0.29, 0.717) is 19.0 Å². The number of para-hydroxylation sites is 1. The molecule has 3 rings (SSSR count). The minimum Gasteiger partial charge on any atom is -0.484 e. The van der Waals surface area contributed by atoms with Crippen LogP contribution in [0, 0.1) is 0 Å². The van der Waals surface area contributed by atoms with Crippen molar-refractivity contribution < 1.29 is 22.7 Å². The number of hydrogen-bond donors (Lipinski definition) is 2. The Hall–Kier alpha value is -2.50. The minimum absolute atomic E-state index is 0. The molecule has 1 amide bonds. The summed E-state index contributed by atoms with van der Waals surface area (Å²) in [7, 11) is 1.60. The molecule has 2 N–H and O–H groups in total. The summed E-state index contributed by atoms with van der Waals surface area (Å²) in [6.45, 7) is -0.152. The van der Waals surface area contributed by atoms with Crippen LogP contribution in [0.5, 0.6) is 5.75 Å². The van der Waals surface area contributed by atoms with Gasteiger partial charge in [0.15, 0.2) is 12.6 Å². The second kappa shape index (κ2) is 11.9. The van der Waals surface area contributed by atoms with Gasteiger partial charge in [-0.25, -0.2) is 0 Å². The topological polar surface area (TPSA) is 66.0 Å². The number of carbonyl (C=O) groups excluding carboxylic acids is 1. The number of alkyl halides is 3. The van der Waals surface area contributed by atoms with Crippen molar-refractivity contribution in [2.75, 3.05) is 31.6 Å². The Bertz CT molecular complexity index is 920. The highest BCUT2D eigenvalue weighted by atomic mass is 127. The summed E-state index contributed by atoms with van der Waals surface area (Å²) < 4.78 is 41.3. The summed E-state index contributed by atoms with van der Waals surface area (Å²) in [5.41, 5.74) is 2.96. The average Bonchev–Trinajstić information content (AvgIpc) is 2.77. The zero-order valence-electron chi connectivity index (χ0n) is 17.6. The molecule has 0 aromatic heterocycles. The van der Waals surface area contributed by atoms with Crippen molar-refractivity contribution in [1.29, 1.82) is 0 Å². The van der Waals surface area contributed by atoms with Crippen LogP contribution in [-0.4, -0.2) is 44.8 Å². The fourth-order valence-corrected chi connectivity index (χ4v) is 3.32. The van der Waals surface area contributed by atoms with E-state index in [4.69, 9.17) is 4.74 Å². The molecule has 32 heavy (non-hydrogen) atoms. The van der Waals surface area contributed by atoms with Crippen LogP contribution in [0.2, 0.25) is 0 Å². The first-order valence-corrected chi connectivity index (χ1v) is 9.97. The molecule has 1 aliphatic rings. The van der Waals surface area contributed by atoms with Gasteiger partial charge in [-0.05, 0) is 42.2 Å². The van der Waals surface area contributed by atoms with Crippen LogP contribution < -0.4 is 20.3 Å². The first-order valence-electron chi connectivity index (χ1n) is 9.97. The number of guanidine groups is 1. The Morgan fingerprint density at radius 2 is 1.84 bits per heavy atom. The molecule has 10 heteroatoms. The summed E-state index contributed by atoms with van der Waals surface area (Å²) in [4.78, 5) is 18.6. The lowest BCUT2D eigenvalue weighted by Crippen LogP contribution is -2.45. The first kappa shape index (κ1) is 25.8. The van der Waals surface area contributed by atoms with E-state index < -0.39 is 12.8 Å². The van der Waals surface area contributed by atoms with Crippen molar-refractivity contribution in [2.45, 2.75) is 25.6 Å². The predicted octanol–water partition coefficient (Wildman–Crippen LogP) is 3.89. The molecule has 0 saturated carbocycles. The number of amides is 1. The summed E-state index contributed by atoms with van der Waals surface area (Å²) in [6.07, 6.45) is -2.47. The summed E-state index contributed by atoms with van der Waals surface area (Å²) >= 11 is 0. The molecular weight excluding hydrogens is 536 g/mol. The van der Waals surface area contributed by atoms with E-state index >= 15 is 0 Å². The van der Waals surface area contributed by atoms with Crippen LogP contribution >= 0.6 is 24.0 Å². The first-order chi connectivity index (χ1) is 14.9. The van der Waals surface area contributed by atoms with E-state index in [1.54, 1.807) is 24.1 Å². The third-order valence-electron chi connectivity index (χ3n) is 4.83. The molecular formula is C22H26F3IN4O2. The molecule has 0 spiro atoms. The number of anilines is 1. The molecule has 174 valence electrons. The van der Waals surface area contributed by atoms with Crippen LogP contribution in [0.1, 0.15) is 17.5 Å². The van der Waals surface area contributed by atoms with E-state index in [9.17, 15) is 18.0 Å². The Kier molecular flexibility index (Phi) is 9.60. The quantitative estimate of drug-likeness (QED) is 0.319. The van der Waals surface area contributed by atoms with E-state index in [1.807, 2.05) is 24.3 Å². The molecule has 0 unspecified atom stereocenters. The van der Waals surface area contributed by atoms with Crippen LogP contribution in [0.4, 0.5) is 18.9 Å². The van der Waals surface area contributed by atoms with Crippen LogP contribution in [0.25, 0.3) is 0 Å². The number of carbonyl (C=O) groups is 1. The van der Waals surface area contributed by atoms with E-state index in [-0.39, 0.29) is 42.2 Å². The normalized spacial score (nSPS) is 13.6. The zero-order valence-corrected chi connectivity index (χ0v) is 19.9. The van der Waals surface area contributed by atoms with Gasteiger partial charge in [0.05, 0.1) is 6.54 Å². The van der Waals surface area contributed by atoms with E-state index in [2.05, 4.69) is 15.6 Å². The Morgan fingerprint density at radius 3 is 2.53 bits per heavy atom. The van der Waals surface area contributed by atoms with Crippen LogP contribution in [0.15, 0.2) is 53.5 Å². The Balaban J connectivity index is 0.00000363. The molecule has 2 aromatic rings. The van der Waals surface area contributed by atoms with Gasteiger partial charge in [0.25, 0.3) is 0 Å². The number of fused-ring (bicyclic) bond motifs is 1. The smallest absolute Gasteiger partial charge is 0.422 e. The second-order valence-corrected chi connectivity index (χ2v) is 7.10. The van der Waals surface area contributed by atoms with E-state index in [0.717, 1.165) is 24.1 Å². The molecule has 0 bridgehead atoms. The lowest BCUT2D eigenvalue weighted by Gasteiger charge is -2.29. The van der Waals surface area contributed by atoms with Crippen molar-refractivity contribution >= 4 is 41.5 Å². The Labute approximate surface area is 202 Å². The van der Waals surface area contributed by atoms with Crippen molar-refractivity contribution in [3.05, 3.63) is 59.7 Å². The molecule has 1 heterocycles. The van der Waals surface area contributed by atoms with Gasteiger partial charge in [-0.2, -0.15) is 13.2 Å². The molecule has 0 fully saturated rings. The highest BCUT2D eigenvalue weighted by molar-refractivity contribution is 14.0. The molecule has 6 nitrogen and oxygen atoms in total. The average molecular weight is 562 g/mol. The maximum absolute atomic E-state index is 12.7. The number of aliphatic imine (C=N–C) groups is 1. The number of nitrogens with one attached hydrogen (secondary N) is 2. The van der Waals surface area contributed by atoms with Crippen LogP contribution in [0.3, 0.4) is 0 Å². The van der Waals surface area contributed by atoms with Gasteiger partial charge in [-0.15, -0.1) is 24.0 Å². The number of rotatable bonds is 6. The molecule has 0 saturated heterocycles. The number of benzene rings is 2. The highest BCUT2D eigenvalue weighted by Crippen LogP contribution is 2.26. The van der Waals surface area contributed by atoms with Crippen molar-refractivity contribution in [3.63, 3.8) is 0 Å². The Morgan fingerprint density at radius 1 is 1.12 bits per heavy atom. The summed E-state index contributed by atoms with van der Waals surface area (Å²) in [5, 5.41) is 6.10.